The van der Waals surface area contributed by atoms with Crippen LogP contribution in [0.4, 0.5) is 9.93 Å². The Morgan fingerprint density at radius 1 is 1.35 bits per heavy atom. The fourth-order valence-corrected chi connectivity index (χ4v) is 4.09. The van der Waals surface area contributed by atoms with E-state index in [0.29, 0.717) is 28.7 Å². The van der Waals surface area contributed by atoms with Crippen LogP contribution in [0.3, 0.4) is 0 Å². The number of aromatic nitrogens is 2. The molecule has 1 saturated heterocycles. The van der Waals surface area contributed by atoms with Crippen LogP contribution in [0.25, 0.3) is 10.8 Å². The molecule has 136 valence electrons. The van der Waals surface area contributed by atoms with Gasteiger partial charge in [0.15, 0.2) is 10.8 Å². The molecule has 1 aliphatic heterocycles. The first kappa shape index (κ1) is 16.7. The molecule has 1 spiro atoms. The van der Waals surface area contributed by atoms with Crippen molar-refractivity contribution in [3.05, 3.63) is 18.4 Å². The largest absolute Gasteiger partial charge is 0.462 e. The molecule has 3 heterocycles. The number of hydrogen-bond acceptors (Lipinski definition) is 7. The maximum absolute atomic E-state index is 12.5. The van der Waals surface area contributed by atoms with E-state index in [1.807, 2.05) is 0 Å². The second-order valence-electron chi connectivity index (χ2n) is 6.36. The minimum absolute atomic E-state index is 0.00487. The van der Waals surface area contributed by atoms with Crippen molar-refractivity contribution >= 4 is 34.3 Å². The highest BCUT2D eigenvalue weighted by Gasteiger charge is 2.52. The topological polar surface area (TPSA) is 117 Å². The van der Waals surface area contributed by atoms with Gasteiger partial charge in [0.1, 0.15) is 5.54 Å². The van der Waals surface area contributed by atoms with Crippen molar-refractivity contribution in [3.63, 3.8) is 0 Å². The number of nitrogens with one attached hydrogen (secondary N) is 2. The highest BCUT2D eigenvalue weighted by atomic mass is 32.1. The minimum atomic E-state index is -0.745. The number of rotatable bonds is 5. The summed E-state index contributed by atoms with van der Waals surface area (Å²) in [6, 6.07) is 3.08. The number of furan rings is 1. The molecule has 4 amide bonds. The van der Waals surface area contributed by atoms with Gasteiger partial charge in [0, 0.05) is 13.0 Å². The van der Waals surface area contributed by atoms with E-state index in [4.69, 9.17) is 4.42 Å². The Labute approximate surface area is 152 Å². The third-order valence-electron chi connectivity index (χ3n) is 4.67. The monoisotopic (exact) mass is 375 g/mol. The average Bonchev–Trinajstić information content (AvgIpc) is 3.38. The van der Waals surface area contributed by atoms with Crippen LogP contribution >= 0.6 is 11.3 Å². The fourth-order valence-electron chi connectivity index (χ4n) is 3.37. The van der Waals surface area contributed by atoms with Crippen LogP contribution in [-0.2, 0) is 9.59 Å². The molecule has 0 bridgehead atoms. The number of hydrogen-bond donors (Lipinski definition) is 2. The Bertz CT molecular complexity index is 841. The molecule has 2 aromatic rings. The van der Waals surface area contributed by atoms with Crippen molar-refractivity contribution in [1.82, 2.24) is 20.4 Å². The Morgan fingerprint density at radius 3 is 2.88 bits per heavy atom. The summed E-state index contributed by atoms with van der Waals surface area (Å²) in [5, 5.41) is 14.2. The van der Waals surface area contributed by atoms with Crippen LogP contribution in [0, 0.1) is 0 Å². The van der Waals surface area contributed by atoms with Gasteiger partial charge in [-0.3, -0.25) is 14.5 Å². The molecule has 9 nitrogen and oxygen atoms in total. The van der Waals surface area contributed by atoms with Gasteiger partial charge in [-0.1, -0.05) is 24.2 Å². The minimum Gasteiger partial charge on any atom is -0.462 e. The van der Waals surface area contributed by atoms with Gasteiger partial charge in [-0.25, -0.2) is 4.79 Å². The maximum Gasteiger partial charge on any atom is 0.325 e. The lowest BCUT2D eigenvalue weighted by atomic mass is 9.98. The van der Waals surface area contributed by atoms with Crippen LogP contribution in [0.1, 0.15) is 32.1 Å². The average molecular weight is 375 g/mol. The van der Waals surface area contributed by atoms with Crippen LogP contribution < -0.4 is 10.6 Å². The molecule has 0 atom stereocenters. The summed E-state index contributed by atoms with van der Waals surface area (Å²) >= 11 is 1.19. The molecule has 0 aromatic carbocycles. The summed E-state index contributed by atoms with van der Waals surface area (Å²) in [5.41, 5.74) is -0.745. The molecule has 0 radical (unpaired) electrons. The highest BCUT2D eigenvalue weighted by Crippen LogP contribution is 2.35. The van der Waals surface area contributed by atoms with E-state index in [1.54, 1.807) is 12.1 Å². The number of carbonyl (C=O) groups excluding carboxylic acids is 3. The van der Waals surface area contributed by atoms with E-state index in [9.17, 15) is 14.4 Å². The van der Waals surface area contributed by atoms with E-state index in [1.165, 1.54) is 17.6 Å². The number of anilines is 1. The van der Waals surface area contributed by atoms with Crippen LogP contribution in [0.15, 0.2) is 22.8 Å². The smallest absolute Gasteiger partial charge is 0.325 e. The van der Waals surface area contributed by atoms with Crippen molar-refractivity contribution in [2.75, 3.05) is 11.9 Å². The fraction of sp³-hybridized carbons (Fsp3) is 0.438. The van der Waals surface area contributed by atoms with Crippen molar-refractivity contribution in [2.24, 2.45) is 0 Å². The number of nitrogens with zero attached hydrogens (tertiary/aromatic N) is 3. The number of amides is 4. The normalized spacial score (nSPS) is 18.5. The van der Waals surface area contributed by atoms with E-state index in [2.05, 4.69) is 20.8 Å². The van der Waals surface area contributed by atoms with Gasteiger partial charge in [-0.05, 0) is 25.0 Å². The number of imide groups is 1. The van der Waals surface area contributed by atoms with Crippen molar-refractivity contribution < 1.29 is 18.8 Å². The van der Waals surface area contributed by atoms with Gasteiger partial charge in [0.05, 0.1) is 6.26 Å². The standard InChI is InChI=1S/C16H17N5O4S/c22-11(17-14-20-19-12(26-14)10-4-3-9-25-10)5-8-21-13(23)16(18-15(21)24)6-1-2-7-16/h3-4,9H,1-2,5-8H2,(H,18,24)(H,17,20,22). The van der Waals surface area contributed by atoms with Crippen molar-refractivity contribution in [2.45, 2.75) is 37.6 Å². The second-order valence-corrected chi connectivity index (χ2v) is 7.34. The summed E-state index contributed by atoms with van der Waals surface area (Å²) < 4.78 is 5.23. The number of urea groups is 1. The molecule has 2 N–H and O–H groups in total. The molecule has 4 rings (SSSR count). The maximum atomic E-state index is 12.5. The molecule has 1 saturated carbocycles. The van der Waals surface area contributed by atoms with Crippen LogP contribution in [0.2, 0.25) is 0 Å². The lowest BCUT2D eigenvalue weighted by molar-refractivity contribution is -0.131. The first-order valence-electron chi connectivity index (χ1n) is 8.39. The quantitative estimate of drug-likeness (QED) is 0.772. The van der Waals surface area contributed by atoms with Gasteiger partial charge >= 0.3 is 6.03 Å². The van der Waals surface area contributed by atoms with E-state index in [0.717, 1.165) is 17.7 Å². The van der Waals surface area contributed by atoms with Crippen molar-refractivity contribution in [3.8, 4) is 10.8 Å². The van der Waals surface area contributed by atoms with E-state index < -0.39 is 11.6 Å². The van der Waals surface area contributed by atoms with Gasteiger partial charge in [-0.15, -0.1) is 10.2 Å². The number of carbonyl (C=O) groups is 3. The highest BCUT2D eigenvalue weighted by molar-refractivity contribution is 7.18. The predicted molar refractivity (Wildman–Crippen MR) is 92.3 cm³/mol. The molecule has 2 fully saturated rings. The summed E-state index contributed by atoms with van der Waals surface area (Å²) in [7, 11) is 0. The zero-order valence-electron chi connectivity index (χ0n) is 13.9. The Morgan fingerprint density at radius 2 is 2.15 bits per heavy atom. The second kappa shape index (κ2) is 6.52. The zero-order valence-corrected chi connectivity index (χ0v) is 14.7. The molecular weight excluding hydrogens is 358 g/mol. The molecule has 10 heteroatoms. The van der Waals surface area contributed by atoms with Crippen molar-refractivity contribution in [1.29, 1.82) is 0 Å². The molecule has 0 unspecified atom stereocenters. The van der Waals surface area contributed by atoms with Gasteiger partial charge in [0.25, 0.3) is 5.91 Å². The third kappa shape index (κ3) is 2.96. The summed E-state index contributed by atoms with van der Waals surface area (Å²) in [4.78, 5) is 37.9. The Hall–Kier alpha value is -2.75. The summed E-state index contributed by atoms with van der Waals surface area (Å²) in [5.74, 6) is 0.0214. The van der Waals surface area contributed by atoms with Crippen LogP contribution in [-0.4, -0.2) is 45.0 Å². The van der Waals surface area contributed by atoms with Crippen LogP contribution in [0.5, 0.6) is 0 Å². The van der Waals surface area contributed by atoms with Gasteiger partial charge in [0.2, 0.25) is 11.0 Å². The Balaban J connectivity index is 1.33. The predicted octanol–water partition coefficient (Wildman–Crippen LogP) is 1.99. The van der Waals surface area contributed by atoms with E-state index in [-0.39, 0.29) is 24.8 Å². The van der Waals surface area contributed by atoms with Gasteiger partial charge in [-0.2, -0.15) is 0 Å². The first-order valence-corrected chi connectivity index (χ1v) is 9.20. The SMILES string of the molecule is O=C(CCN1C(=O)NC2(CCCC2)C1=O)Nc1nnc(-c2ccco2)s1. The zero-order chi connectivity index (χ0) is 18.1. The molecule has 2 aromatic heterocycles. The lowest BCUT2D eigenvalue weighted by Gasteiger charge is -2.19. The summed E-state index contributed by atoms with van der Waals surface area (Å²) in [6.45, 7) is 0.0437. The third-order valence-corrected chi connectivity index (χ3v) is 5.52. The van der Waals surface area contributed by atoms with Gasteiger partial charge < -0.3 is 15.1 Å². The molecular formula is C16H17N5O4S. The lowest BCUT2D eigenvalue weighted by Crippen LogP contribution is -2.44. The first-order chi connectivity index (χ1) is 12.6. The Kier molecular flexibility index (Phi) is 4.19. The molecule has 1 aliphatic carbocycles. The molecule has 26 heavy (non-hydrogen) atoms. The molecule has 2 aliphatic rings. The summed E-state index contributed by atoms with van der Waals surface area (Å²) in [6.07, 6.45) is 4.72. The van der Waals surface area contributed by atoms with E-state index >= 15 is 0 Å².